The summed E-state index contributed by atoms with van der Waals surface area (Å²) in [5.41, 5.74) is 10.9. The zero-order valence-corrected chi connectivity index (χ0v) is 16.9. The topological polar surface area (TPSA) is 64.7 Å². The van der Waals surface area contributed by atoms with Crippen LogP contribution in [0.2, 0.25) is 0 Å². The van der Waals surface area contributed by atoms with Crippen LogP contribution in [0.3, 0.4) is 0 Å². The third-order valence-corrected chi connectivity index (χ3v) is 4.76. The average Bonchev–Trinajstić information content (AvgIpc) is 2.77. The van der Waals surface area contributed by atoms with Crippen molar-refractivity contribution in [2.45, 2.75) is 13.3 Å². The van der Waals surface area contributed by atoms with Crippen LogP contribution in [0.15, 0.2) is 72.8 Å². The molecule has 0 unspecified atom stereocenters. The van der Waals surface area contributed by atoms with Crippen LogP contribution >= 0.6 is 0 Å². The van der Waals surface area contributed by atoms with E-state index in [9.17, 15) is 5.11 Å². The lowest BCUT2D eigenvalue weighted by molar-refractivity contribution is 0.328. The summed E-state index contributed by atoms with van der Waals surface area (Å²) >= 11 is 0. The van der Waals surface area contributed by atoms with E-state index in [-0.39, 0.29) is 5.75 Å². The van der Waals surface area contributed by atoms with Gasteiger partial charge >= 0.3 is 0 Å². The van der Waals surface area contributed by atoms with Gasteiger partial charge in [-0.25, -0.2) is 0 Å². The van der Waals surface area contributed by atoms with Gasteiger partial charge in [-0.15, -0.1) is 0 Å². The minimum atomic E-state index is 0.174. The van der Waals surface area contributed by atoms with Crippen LogP contribution in [0, 0.1) is 0 Å². The van der Waals surface area contributed by atoms with E-state index in [1.165, 1.54) is 5.57 Å². The fourth-order valence-electron chi connectivity index (χ4n) is 3.44. The Morgan fingerprint density at radius 3 is 2.28 bits per heavy atom. The van der Waals surface area contributed by atoms with E-state index in [2.05, 4.69) is 19.1 Å². The number of ether oxygens (including phenoxy) is 2. The lowest BCUT2D eigenvalue weighted by atomic mass is 9.87. The zero-order valence-electron chi connectivity index (χ0n) is 16.9. The van der Waals surface area contributed by atoms with Gasteiger partial charge in [-0.1, -0.05) is 49.4 Å². The van der Waals surface area contributed by atoms with Gasteiger partial charge in [0.2, 0.25) is 0 Å². The molecule has 0 bridgehead atoms. The smallest absolute Gasteiger partial charge is 0.130 e. The second-order valence-electron chi connectivity index (χ2n) is 6.62. The molecule has 3 rings (SSSR count). The third-order valence-electron chi connectivity index (χ3n) is 4.76. The van der Waals surface area contributed by atoms with Gasteiger partial charge in [0.25, 0.3) is 0 Å². The number of rotatable bonds is 8. The highest BCUT2D eigenvalue weighted by Crippen LogP contribution is 2.40. The van der Waals surface area contributed by atoms with Crippen LogP contribution in [0.1, 0.15) is 30.0 Å². The number of hydrogen-bond acceptors (Lipinski definition) is 4. The molecule has 0 saturated heterocycles. The van der Waals surface area contributed by atoms with Gasteiger partial charge in [0, 0.05) is 18.2 Å². The van der Waals surface area contributed by atoms with Crippen molar-refractivity contribution in [3.63, 3.8) is 0 Å². The van der Waals surface area contributed by atoms with Crippen LogP contribution in [0.4, 0.5) is 0 Å². The second kappa shape index (κ2) is 9.80. The standard InChI is InChI=1S/C25H27NO3/c1-3-22(18-7-5-4-6-8-18)25(23-14-11-20(27)17-24(23)28-2)19-9-12-21(13-10-19)29-16-15-26/h4-14,17,27H,3,15-16,26H2,1-2H3. The number of benzene rings is 3. The molecule has 0 aromatic heterocycles. The average molecular weight is 389 g/mol. The van der Waals surface area contributed by atoms with Crippen molar-refractivity contribution in [1.29, 1.82) is 0 Å². The molecular weight excluding hydrogens is 362 g/mol. The highest BCUT2D eigenvalue weighted by atomic mass is 16.5. The Bertz CT molecular complexity index is 963. The number of phenolic OH excluding ortho intramolecular Hbond substituents is 1. The van der Waals surface area contributed by atoms with Crippen molar-refractivity contribution in [1.82, 2.24) is 0 Å². The minimum Gasteiger partial charge on any atom is -0.508 e. The highest BCUT2D eigenvalue weighted by molar-refractivity contribution is 6.00. The molecule has 150 valence electrons. The Balaban J connectivity index is 2.21. The molecule has 3 aromatic rings. The number of aromatic hydroxyl groups is 1. The molecule has 0 amide bonds. The number of methoxy groups -OCH3 is 1. The van der Waals surface area contributed by atoms with Crippen molar-refractivity contribution >= 4 is 11.1 Å². The molecule has 4 nitrogen and oxygen atoms in total. The van der Waals surface area contributed by atoms with Gasteiger partial charge in [-0.2, -0.15) is 0 Å². The molecule has 0 aliphatic rings. The first-order valence-electron chi connectivity index (χ1n) is 9.77. The first-order chi connectivity index (χ1) is 14.2. The molecular formula is C25H27NO3. The third kappa shape index (κ3) is 4.79. The van der Waals surface area contributed by atoms with Crippen LogP contribution in [-0.2, 0) is 0 Å². The van der Waals surface area contributed by atoms with Crippen LogP contribution < -0.4 is 15.2 Å². The molecule has 29 heavy (non-hydrogen) atoms. The summed E-state index contributed by atoms with van der Waals surface area (Å²) in [5.74, 6) is 1.59. The predicted molar refractivity (Wildman–Crippen MR) is 118 cm³/mol. The molecule has 3 N–H and O–H groups in total. The van der Waals surface area contributed by atoms with Gasteiger partial charge in [0.05, 0.1) is 7.11 Å². The van der Waals surface area contributed by atoms with Crippen molar-refractivity contribution in [2.75, 3.05) is 20.3 Å². The van der Waals surface area contributed by atoms with E-state index in [1.807, 2.05) is 48.5 Å². The van der Waals surface area contributed by atoms with E-state index in [1.54, 1.807) is 19.2 Å². The quantitative estimate of drug-likeness (QED) is 0.526. The molecule has 4 heteroatoms. The molecule has 0 atom stereocenters. The summed E-state index contributed by atoms with van der Waals surface area (Å²) in [4.78, 5) is 0. The SMILES string of the molecule is CCC(=C(c1ccc(OCCN)cc1)c1ccc(O)cc1OC)c1ccccc1. The Morgan fingerprint density at radius 1 is 0.931 bits per heavy atom. The predicted octanol–water partition coefficient (Wildman–Crippen LogP) is 5.11. The number of allylic oxidation sites excluding steroid dienone is 1. The molecule has 0 fully saturated rings. The Hall–Kier alpha value is -3.24. The van der Waals surface area contributed by atoms with E-state index >= 15 is 0 Å². The molecule has 0 radical (unpaired) electrons. The van der Waals surface area contributed by atoms with Crippen molar-refractivity contribution in [3.05, 3.63) is 89.5 Å². The fraction of sp³-hybridized carbons (Fsp3) is 0.200. The van der Waals surface area contributed by atoms with Crippen molar-refractivity contribution < 1.29 is 14.6 Å². The molecule has 0 aliphatic carbocycles. The molecule has 0 saturated carbocycles. The molecule has 3 aromatic carbocycles. The van der Waals surface area contributed by atoms with Gasteiger partial charge in [0.1, 0.15) is 23.9 Å². The van der Waals surface area contributed by atoms with Gasteiger partial charge in [0.15, 0.2) is 0 Å². The first kappa shape index (κ1) is 20.5. The summed E-state index contributed by atoms with van der Waals surface area (Å²) in [6, 6.07) is 23.6. The normalized spacial score (nSPS) is 11.7. The Kier molecular flexibility index (Phi) is 6.93. The van der Waals surface area contributed by atoms with E-state index < -0.39 is 0 Å². The van der Waals surface area contributed by atoms with E-state index in [0.717, 1.165) is 34.4 Å². The number of nitrogens with two attached hydrogens (primary N) is 1. The summed E-state index contributed by atoms with van der Waals surface area (Å²) in [5, 5.41) is 9.93. The zero-order chi connectivity index (χ0) is 20.6. The lowest BCUT2D eigenvalue weighted by Gasteiger charge is -2.19. The van der Waals surface area contributed by atoms with Crippen molar-refractivity contribution in [2.24, 2.45) is 5.73 Å². The van der Waals surface area contributed by atoms with Gasteiger partial charge in [-0.05, 0) is 53.0 Å². The number of phenols is 1. The fourth-order valence-corrected chi connectivity index (χ4v) is 3.44. The molecule has 0 heterocycles. The maximum Gasteiger partial charge on any atom is 0.130 e. The van der Waals surface area contributed by atoms with Crippen LogP contribution in [0.25, 0.3) is 11.1 Å². The Labute approximate surface area is 172 Å². The molecule has 0 aliphatic heterocycles. The summed E-state index contributed by atoms with van der Waals surface area (Å²) in [7, 11) is 1.62. The molecule has 0 spiro atoms. The second-order valence-corrected chi connectivity index (χ2v) is 6.62. The maximum atomic E-state index is 9.93. The van der Waals surface area contributed by atoms with Crippen molar-refractivity contribution in [3.8, 4) is 17.2 Å². The number of hydrogen-bond donors (Lipinski definition) is 2. The van der Waals surface area contributed by atoms with E-state index in [0.29, 0.717) is 18.9 Å². The monoisotopic (exact) mass is 389 g/mol. The summed E-state index contributed by atoms with van der Waals surface area (Å²) in [6.07, 6.45) is 0.842. The van der Waals surface area contributed by atoms with Crippen LogP contribution in [-0.4, -0.2) is 25.4 Å². The highest BCUT2D eigenvalue weighted by Gasteiger charge is 2.17. The minimum absolute atomic E-state index is 0.174. The summed E-state index contributed by atoms with van der Waals surface area (Å²) < 4.78 is 11.2. The van der Waals surface area contributed by atoms with E-state index in [4.69, 9.17) is 15.2 Å². The lowest BCUT2D eigenvalue weighted by Crippen LogP contribution is -2.10. The largest absolute Gasteiger partial charge is 0.508 e. The van der Waals surface area contributed by atoms with Gasteiger partial charge < -0.3 is 20.3 Å². The maximum absolute atomic E-state index is 9.93. The first-order valence-corrected chi connectivity index (χ1v) is 9.77. The summed E-state index contributed by atoms with van der Waals surface area (Å²) in [6.45, 7) is 3.11. The Morgan fingerprint density at radius 2 is 1.66 bits per heavy atom. The van der Waals surface area contributed by atoms with Gasteiger partial charge in [-0.3, -0.25) is 0 Å². The van der Waals surface area contributed by atoms with Crippen LogP contribution in [0.5, 0.6) is 17.2 Å².